The molecule has 1 N–H and O–H groups in total. The van der Waals surface area contributed by atoms with E-state index in [1.54, 1.807) is 0 Å². The van der Waals surface area contributed by atoms with Crippen molar-refractivity contribution in [3.8, 4) is 17.6 Å². The van der Waals surface area contributed by atoms with Gasteiger partial charge in [0.2, 0.25) is 0 Å². The van der Waals surface area contributed by atoms with Gasteiger partial charge >= 0.3 is 0 Å². The lowest BCUT2D eigenvalue weighted by Gasteiger charge is -2.21. The number of hydrogen-bond acceptors (Lipinski definition) is 4. The quantitative estimate of drug-likeness (QED) is 0.928. The van der Waals surface area contributed by atoms with Gasteiger partial charge < -0.3 is 14.8 Å². The fourth-order valence-electron chi connectivity index (χ4n) is 3.34. The molecule has 2 atom stereocenters. The molecule has 4 heteroatoms. The monoisotopic (exact) mass is 286 g/mol. The lowest BCUT2D eigenvalue weighted by Crippen LogP contribution is -2.39. The third kappa shape index (κ3) is 2.58. The highest BCUT2D eigenvalue weighted by molar-refractivity contribution is 5.50. The third-order valence-electron chi connectivity index (χ3n) is 4.51. The van der Waals surface area contributed by atoms with E-state index in [0.29, 0.717) is 6.42 Å². The second kappa shape index (κ2) is 4.92. The summed E-state index contributed by atoms with van der Waals surface area (Å²) in [4.78, 5) is 0. The number of ether oxygens (including phenoxy) is 2. The minimum absolute atomic E-state index is 0.0657. The first kappa shape index (κ1) is 14.2. The van der Waals surface area contributed by atoms with Gasteiger partial charge in [-0.1, -0.05) is 12.1 Å². The maximum atomic E-state index is 9.33. The van der Waals surface area contributed by atoms with E-state index in [-0.39, 0.29) is 11.7 Å². The van der Waals surface area contributed by atoms with Crippen molar-refractivity contribution in [1.82, 2.24) is 5.32 Å². The van der Waals surface area contributed by atoms with Gasteiger partial charge in [-0.3, -0.25) is 0 Å². The van der Waals surface area contributed by atoms with Crippen LogP contribution >= 0.6 is 0 Å². The van der Waals surface area contributed by atoms with E-state index in [4.69, 9.17) is 9.47 Å². The molecule has 1 saturated carbocycles. The summed E-state index contributed by atoms with van der Waals surface area (Å²) in [6, 6.07) is 8.46. The molecule has 1 fully saturated rings. The highest BCUT2D eigenvalue weighted by Crippen LogP contribution is 2.43. The van der Waals surface area contributed by atoms with Crippen LogP contribution in [0.25, 0.3) is 0 Å². The molecule has 0 radical (unpaired) electrons. The zero-order valence-electron chi connectivity index (χ0n) is 12.9. The number of para-hydroxylation sites is 1. The van der Waals surface area contributed by atoms with E-state index < -0.39 is 5.54 Å². The van der Waals surface area contributed by atoms with Crippen LogP contribution in [0.2, 0.25) is 0 Å². The Balaban J connectivity index is 1.77. The number of nitrogens with zero attached hydrogens (tertiary/aromatic N) is 1. The molecule has 112 valence electrons. The van der Waals surface area contributed by atoms with Crippen LogP contribution in [0.1, 0.15) is 38.7 Å². The zero-order chi connectivity index (χ0) is 15.1. The standard InChI is InChI=1S/C17H22N2O2/c1-16(2)9-12-5-4-6-14(15(12)21-16)20-13-7-8-17(10-13,11-18)19-3/h4-6,13,19H,7-10H2,1-3H3. The molecule has 1 aromatic carbocycles. The fraction of sp³-hybridized carbons (Fsp3) is 0.588. The Bertz CT molecular complexity index is 591. The smallest absolute Gasteiger partial charge is 0.165 e. The molecule has 0 spiro atoms. The van der Waals surface area contributed by atoms with Crippen LogP contribution in [0.5, 0.6) is 11.5 Å². The third-order valence-corrected chi connectivity index (χ3v) is 4.51. The number of fused-ring (bicyclic) bond motifs is 1. The molecule has 0 amide bonds. The number of nitrogens with one attached hydrogen (secondary N) is 1. The number of benzene rings is 1. The van der Waals surface area contributed by atoms with Crippen LogP contribution in [-0.4, -0.2) is 24.3 Å². The summed E-state index contributed by atoms with van der Waals surface area (Å²) in [7, 11) is 1.84. The molecule has 2 unspecified atom stereocenters. The molecule has 0 bridgehead atoms. The molecular weight excluding hydrogens is 264 g/mol. The van der Waals surface area contributed by atoms with Crippen molar-refractivity contribution in [1.29, 1.82) is 5.26 Å². The Morgan fingerprint density at radius 1 is 1.43 bits per heavy atom. The van der Waals surface area contributed by atoms with Gasteiger partial charge in [-0.2, -0.15) is 5.26 Å². The van der Waals surface area contributed by atoms with Crippen LogP contribution in [0.3, 0.4) is 0 Å². The average Bonchev–Trinajstić information content (AvgIpc) is 2.99. The molecule has 4 nitrogen and oxygen atoms in total. The van der Waals surface area contributed by atoms with Crippen LogP contribution in [0.15, 0.2) is 18.2 Å². The summed E-state index contributed by atoms with van der Waals surface area (Å²) in [6.07, 6.45) is 3.40. The van der Waals surface area contributed by atoms with E-state index in [2.05, 4.69) is 31.3 Å². The predicted octanol–water partition coefficient (Wildman–Crippen LogP) is 2.81. The second-order valence-corrected chi connectivity index (χ2v) is 6.71. The van der Waals surface area contributed by atoms with Crippen molar-refractivity contribution >= 4 is 0 Å². The summed E-state index contributed by atoms with van der Waals surface area (Å²) in [5, 5.41) is 12.5. The second-order valence-electron chi connectivity index (χ2n) is 6.71. The number of nitriles is 1. The molecule has 1 aliphatic carbocycles. The lowest BCUT2D eigenvalue weighted by atomic mass is 10.0. The maximum Gasteiger partial charge on any atom is 0.165 e. The Morgan fingerprint density at radius 3 is 2.90 bits per heavy atom. The summed E-state index contributed by atoms with van der Waals surface area (Å²) in [6.45, 7) is 4.18. The Labute approximate surface area is 126 Å². The van der Waals surface area contributed by atoms with Crippen molar-refractivity contribution in [3.63, 3.8) is 0 Å². The molecule has 1 aromatic rings. The average molecular weight is 286 g/mol. The molecule has 1 aliphatic heterocycles. The van der Waals surface area contributed by atoms with Crippen LogP contribution in [-0.2, 0) is 6.42 Å². The van der Waals surface area contributed by atoms with Crippen LogP contribution < -0.4 is 14.8 Å². The van der Waals surface area contributed by atoms with E-state index in [1.807, 2.05) is 19.2 Å². The first-order valence-corrected chi connectivity index (χ1v) is 7.55. The molecule has 0 saturated heterocycles. The van der Waals surface area contributed by atoms with E-state index >= 15 is 0 Å². The first-order valence-electron chi connectivity index (χ1n) is 7.55. The summed E-state index contributed by atoms with van der Waals surface area (Å²) >= 11 is 0. The number of rotatable bonds is 3. The highest BCUT2D eigenvalue weighted by atomic mass is 16.5. The van der Waals surface area contributed by atoms with Gasteiger partial charge in [-0.25, -0.2) is 0 Å². The SMILES string of the molecule is CNC1(C#N)CCC(Oc2cccc3c2OC(C)(C)C3)C1. The van der Waals surface area contributed by atoms with E-state index in [1.165, 1.54) is 5.56 Å². The molecule has 1 heterocycles. The zero-order valence-corrected chi connectivity index (χ0v) is 12.9. The van der Waals surface area contributed by atoms with E-state index in [9.17, 15) is 5.26 Å². The van der Waals surface area contributed by atoms with Crippen molar-refractivity contribution < 1.29 is 9.47 Å². The summed E-state index contributed by atoms with van der Waals surface area (Å²) < 4.78 is 12.2. The van der Waals surface area contributed by atoms with Gasteiger partial charge in [0.25, 0.3) is 0 Å². The van der Waals surface area contributed by atoms with Crippen molar-refractivity contribution in [2.24, 2.45) is 0 Å². The molecule has 2 aliphatic rings. The first-order chi connectivity index (χ1) is 9.97. The number of hydrogen-bond donors (Lipinski definition) is 1. The van der Waals surface area contributed by atoms with Gasteiger partial charge in [-0.15, -0.1) is 0 Å². The van der Waals surface area contributed by atoms with Gasteiger partial charge in [0.1, 0.15) is 17.2 Å². The van der Waals surface area contributed by atoms with Crippen LogP contribution in [0.4, 0.5) is 0 Å². The minimum Gasteiger partial charge on any atom is -0.486 e. The molecule has 0 aromatic heterocycles. The largest absolute Gasteiger partial charge is 0.486 e. The Hall–Kier alpha value is -1.73. The minimum atomic E-state index is -0.442. The highest BCUT2D eigenvalue weighted by Gasteiger charge is 2.40. The van der Waals surface area contributed by atoms with Gasteiger partial charge in [0.05, 0.1) is 6.07 Å². The molecule has 3 rings (SSSR count). The van der Waals surface area contributed by atoms with Gasteiger partial charge in [0.15, 0.2) is 11.5 Å². The summed E-state index contributed by atoms with van der Waals surface area (Å²) in [5.74, 6) is 1.69. The molecular formula is C17H22N2O2. The summed E-state index contributed by atoms with van der Waals surface area (Å²) in [5.41, 5.74) is 0.595. The predicted molar refractivity (Wildman–Crippen MR) is 80.5 cm³/mol. The van der Waals surface area contributed by atoms with Crippen LogP contribution in [0, 0.1) is 11.3 Å². The van der Waals surface area contributed by atoms with Crippen molar-refractivity contribution in [2.75, 3.05) is 7.05 Å². The van der Waals surface area contributed by atoms with E-state index in [0.717, 1.165) is 30.8 Å². The van der Waals surface area contributed by atoms with Crippen molar-refractivity contribution in [3.05, 3.63) is 23.8 Å². The molecule has 21 heavy (non-hydrogen) atoms. The normalized spacial score (nSPS) is 29.5. The fourth-order valence-corrected chi connectivity index (χ4v) is 3.34. The maximum absolute atomic E-state index is 9.33. The Kier molecular flexibility index (Phi) is 3.33. The topological polar surface area (TPSA) is 54.3 Å². The Morgan fingerprint density at radius 2 is 2.24 bits per heavy atom. The van der Waals surface area contributed by atoms with Crippen molar-refractivity contribution in [2.45, 2.75) is 56.8 Å². The van der Waals surface area contributed by atoms with Gasteiger partial charge in [-0.05, 0) is 39.8 Å². The lowest BCUT2D eigenvalue weighted by molar-refractivity contribution is 0.125. The van der Waals surface area contributed by atoms with Gasteiger partial charge in [0, 0.05) is 18.4 Å².